The normalized spacial score (nSPS) is 10.5. The summed E-state index contributed by atoms with van der Waals surface area (Å²) >= 11 is 5.84. The summed E-state index contributed by atoms with van der Waals surface area (Å²) in [7, 11) is 1.69. The second-order valence-corrected chi connectivity index (χ2v) is 4.89. The van der Waals surface area contributed by atoms with Gasteiger partial charge in [0.1, 0.15) is 15.8 Å². The molecule has 0 bridgehead atoms. The first-order valence-electron chi connectivity index (χ1n) is 4.92. The van der Waals surface area contributed by atoms with E-state index in [9.17, 15) is 0 Å². The van der Waals surface area contributed by atoms with Crippen molar-refractivity contribution in [2.24, 2.45) is 0 Å². The van der Waals surface area contributed by atoms with Crippen LogP contribution < -0.4 is 4.74 Å². The molecule has 4 heteroatoms. The predicted octanol–water partition coefficient (Wildman–Crippen LogP) is 3.72. The second-order valence-electron chi connectivity index (χ2n) is 3.58. The fourth-order valence-electron chi connectivity index (χ4n) is 1.64. The molecule has 1 aromatic heterocycles. The van der Waals surface area contributed by atoms with Crippen LogP contribution in [0.25, 0.3) is 10.6 Å². The first-order valence-corrected chi connectivity index (χ1v) is 6.25. The minimum Gasteiger partial charge on any atom is -0.496 e. The Kier molecular flexibility index (Phi) is 3.21. The summed E-state index contributed by atoms with van der Waals surface area (Å²) in [5.74, 6) is 0.920. The standard InChI is InChI=1S/C12H13NOS2/c1-7-8(2)10(14-3)5-4-9(7)12-13-11(15)6-16-12/h4-6,15H,1-3H3. The molecular weight excluding hydrogens is 238 g/mol. The van der Waals surface area contributed by atoms with Gasteiger partial charge in [-0.15, -0.1) is 24.0 Å². The van der Waals surface area contributed by atoms with Gasteiger partial charge in [0.25, 0.3) is 0 Å². The van der Waals surface area contributed by atoms with Gasteiger partial charge in [-0.3, -0.25) is 0 Å². The van der Waals surface area contributed by atoms with Crippen molar-refractivity contribution in [3.63, 3.8) is 0 Å². The average molecular weight is 251 g/mol. The zero-order chi connectivity index (χ0) is 11.7. The van der Waals surface area contributed by atoms with Crippen LogP contribution in [0.15, 0.2) is 22.5 Å². The number of hydrogen-bond acceptors (Lipinski definition) is 4. The SMILES string of the molecule is COc1ccc(-c2nc(S)cs2)c(C)c1C. The molecule has 0 saturated carbocycles. The minimum absolute atomic E-state index is 0.771. The Morgan fingerprint density at radius 3 is 2.56 bits per heavy atom. The Labute approximate surface area is 105 Å². The molecule has 0 amide bonds. The number of thiazole rings is 1. The van der Waals surface area contributed by atoms with Crippen LogP contribution in [0.5, 0.6) is 5.75 Å². The lowest BCUT2D eigenvalue weighted by Gasteiger charge is -2.10. The number of rotatable bonds is 2. The Bertz CT molecular complexity index is 520. The van der Waals surface area contributed by atoms with E-state index in [0.29, 0.717) is 0 Å². The molecule has 0 aliphatic heterocycles. The van der Waals surface area contributed by atoms with Crippen molar-refractivity contribution in [1.82, 2.24) is 4.98 Å². The Hall–Kier alpha value is -1.00. The topological polar surface area (TPSA) is 22.1 Å². The van der Waals surface area contributed by atoms with Crippen molar-refractivity contribution in [2.75, 3.05) is 7.11 Å². The molecule has 0 N–H and O–H groups in total. The van der Waals surface area contributed by atoms with E-state index < -0.39 is 0 Å². The predicted molar refractivity (Wildman–Crippen MR) is 70.8 cm³/mol. The maximum absolute atomic E-state index is 5.29. The van der Waals surface area contributed by atoms with Gasteiger partial charge in [0.15, 0.2) is 0 Å². The molecular formula is C12H13NOS2. The van der Waals surface area contributed by atoms with Gasteiger partial charge in [0.05, 0.1) is 7.11 Å². The maximum Gasteiger partial charge on any atom is 0.124 e. The zero-order valence-corrected chi connectivity index (χ0v) is 11.2. The monoisotopic (exact) mass is 251 g/mol. The molecule has 1 heterocycles. The fourth-order valence-corrected chi connectivity index (χ4v) is 2.73. The van der Waals surface area contributed by atoms with E-state index in [1.165, 1.54) is 5.56 Å². The van der Waals surface area contributed by atoms with Gasteiger partial charge in [-0.25, -0.2) is 4.98 Å². The number of benzene rings is 1. The van der Waals surface area contributed by atoms with Gasteiger partial charge in [0, 0.05) is 10.9 Å². The van der Waals surface area contributed by atoms with Gasteiger partial charge < -0.3 is 4.74 Å². The van der Waals surface area contributed by atoms with Crippen molar-refractivity contribution < 1.29 is 4.74 Å². The van der Waals surface area contributed by atoms with E-state index in [1.54, 1.807) is 18.4 Å². The van der Waals surface area contributed by atoms with Crippen molar-refractivity contribution in [2.45, 2.75) is 18.9 Å². The van der Waals surface area contributed by atoms with Crippen molar-refractivity contribution in [3.8, 4) is 16.3 Å². The van der Waals surface area contributed by atoms with Crippen LogP contribution in [0.1, 0.15) is 11.1 Å². The van der Waals surface area contributed by atoms with E-state index in [-0.39, 0.29) is 0 Å². The van der Waals surface area contributed by atoms with Crippen LogP contribution in [0.4, 0.5) is 0 Å². The highest BCUT2D eigenvalue weighted by molar-refractivity contribution is 7.80. The van der Waals surface area contributed by atoms with Crippen molar-refractivity contribution in [1.29, 1.82) is 0 Å². The zero-order valence-electron chi connectivity index (χ0n) is 9.44. The summed E-state index contributed by atoms with van der Waals surface area (Å²) in [6.07, 6.45) is 0. The fraction of sp³-hybridized carbons (Fsp3) is 0.250. The van der Waals surface area contributed by atoms with Crippen LogP contribution in [0, 0.1) is 13.8 Å². The molecule has 0 unspecified atom stereocenters. The van der Waals surface area contributed by atoms with E-state index in [4.69, 9.17) is 4.74 Å². The second kappa shape index (κ2) is 4.47. The summed E-state index contributed by atoms with van der Waals surface area (Å²) in [6.45, 7) is 4.15. The largest absolute Gasteiger partial charge is 0.496 e. The molecule has 2 aromatic rings. The van der Waals surface area contributed by atoms with E-state index >= 15 is 0 Å². The molecule has 2 nitrogen and oxygen atoms in total. The van der Waals surface area contributed by atoms with Gasteiger partial charge in [-0.1, -0.05) is 0 Å². The molecule has 2 rings (SSSR count). The third-order valence-electron chi connectivity index (χ3n) is 2.68. The Morgan fingerprint density at radius 2 is 2.00 bits per heavy atom. The molecule has 0 spiro atoms. The Morgan fingerprint density at radius 1 is 1.25 bits per heavy atom. The molecule has 0 aliphatic rings. The lowest BCUT2D eigenvalue weighted by atomic mass is 10.0. The quantitative estimate of drug-likeness (QED) is 0.822. The number of hydrogen-bond donors (Lipinski definition) is 1. The molecule has 84 valence electrons. The summed E-state index contributed by atoms with van der Waals surface area (Å²) in [6, 6.07) is 4.03. The lowest BCUT2D eigenvalue weighted by Crippen LogP contribution is -1.92. The van der Waals surface area contributed by atoms with Crippen LogP contribution in [-0.2, 0) is 0 Å². The number of methoxy groups -OCH3 is 1. The van der Waals surface area contributed by atoms with Crippen LogP contribution in [-0.4, -0.2) is 12.1 Å². The molecule has 1 aromatic carbocycles. The number of thiol groups is 1. The summed E-state index contributed by atoms with van der Waals surface area (Å²) in [4.78, 5) is 4.38. The van der Waals surface area contributed by atoms with E-state index in [0.717, 1.165) is 26.9 Å². The summed E-state index contributed by atoms with van der Waals surface area (Å²) in [5, 5.41) is 3.72. The molecule has 0 radical (unpaired) electrons. The lowest BCUT2D eigenvalue weighted by molar-refractivity contribution is 0.411. The van der Waals surface area contributed by atoms with Crippen molar-refractivity contribution in [3.05, 3.63) is 28.6 Å². The molecule has 16 heavy (non-hydrogen) atoms. The van der Waals surface area contributed by atoms with Gasteiger partial charge in [0.2, 0.25) is 0 Å². The van der Waals surface area contributed by atoms with Gasteiger partial charge >= 0.3 is 0 Å². The van der Waals surface area contributed by atoms with E-state index in [1.807, 2.05) is 17.5 Å². The molecule has 0 aliphatic carbocycles. The maximum atomic E-state index is 5.29. The average Bonchev–Trinajstić information content (AvgIpc) is 2.69. The van der Waals surface area contributed by atoms with Gasteiger partial charge in [-0.2, -0.15) is 0 Å². The smallest absolute Gasteiger partial charge is 0.124 e. The minimum atomic E-state index is 0.771. The van der Waals surface area contributed by atoms with Crippen LogP contribution >= 0.6 is 24.0 Å². The van der Waals surface area contributed by atoms with Crippen LogP contribution in [0.2, 0.25) is 0 Å². The first kappa shape index (κ1) is 11.5. The third kappa shape index (κ3) is 1.95. The highest BCUT2D eigenvalue weighted by Gasteiger charge is 2.10. The summed E-state index contributed by atoms with van der Waals surface area (Å²) < 4.78 is 5.29. The third-order valence-corrected chi connectivity index (χ3v) is 3.96. The van der Waals surface area contributed by atoms with Gasteiger partial charge in [-0.05, 0) is 37.1 Å². The summed E-state index contributed by atoms with van der Waals surface area (Å²) in [5.41, 5.74) is 3.53. The Balaban J connectivity index is 2.55. The number of ether oxygens (including phenoxy) is 1. The van der Waals surface area contributed by atoms with Crippen LogP contribution in [0.3, 0.4) is 0 Å². The highest BCUT2D eigenvalue weighted by Crippen LogP contribution is 2.33. The molecule has 0 atom stereocenters. The van der Waals surface area contributed by atoms with E-state index in [2.05, 4.69) is 31.5 Å². The number of nitrogens with zero attached hydrogens (tertiary/aromatic N) is 1. The molecule has 0 saturated heterocycles. The first-order chi connectivity index (χ1) is 7.63. The number of aromatic nitrogens is 1. The highest BCUT2D eigenvalue weighted by atomic mass is 32.1. The molecule has 0 fully saturated rings. The van der Waals surface area contributed by atoms with Crippen molar-refractivity contribution >= 4 is 24.0 Å².